The number of nitrogens with two attached hydrogens (primary N) is 1. The summed E-state index contributed by atoms with van der Waals surface area (Å²) in [5.74, 6) is -0.606. The van der Waals surface area contributed by atoms with E-state index in [9.17, 15) is 13.2 Å². The van der Waals surface area contributed by atoms with E-state index in [1.54, 1.807) is 0 Å². The first kappa shape index (κ1) is 17.1. The van der Waals surface area contributed by atoms with Crippen molar-refractivity contribution in [3.8, 4) is 5.75 Å². The van der Waals surface area contributed by atoms with Crippen LogP contribution in [0.1, 0.15) is 0 Å². The van der Waals surface area contributed by atoms with Crippen LogP contribution in [0.3, 0.4) is 0 Å². The Kier molecular flexibility index (Phi) is 6.51. The van der Waals surface area contributed by atoms with Gasteiger partial charge in [-0.05, 0) is 24.3 Å². The molecule has 0 saturated carbocycles. The van der Waals surface area contributed by atoms with Gasteiger partial charge in [0.2, 0.25) is 0 Å². The molecule has 0 aliphatic heterocycles. The molecule has 8 heteroatoms. The SMILES string of the molecule is CS(=O)(=O)c1ccc(OC(=O)[C@@H](N)CO)cc1.[Cu]. The molecular formula is C10H13CuNO5S. The summed E-state index contributed by atoms with van der Waals surface area (Å²) < 4.78 is 27.1. The molecule has 0 heterocycles. The van der Waals surface area contributed by atoms with Crippen molar-refractivity contribution in [1.29, 1.82) is 0 Å². The van der Waals surface area contributed by atoms with E-state index >= 15 is 0 Å². The number of aliphatic hydroxyl groups is 1. The quantitative estimate of drug-likeness (QED) is 0.432. The third-order valence-corrected chi connectivity index (χ3v) is 3.10. The van der Waals surface area contributed by atoms with Crippen LogP contribution in [0.15, 0.2) is 29.2 Å². The molecule has 1 atom stereocenters. The zero-order valence-electron chi connectivity index (χ0n) is 9.46. The van der Waals surface area contributed by atoms with Gasteiger partial charge in [0.1, 0.15) is 11.8 Å². The Hall–Kier alpha value is -0.921. The summed E-state index contributed by atoms with van der Waals surface area (Å²) in [4.78, 5) is 11.3. The van der Waals surface area contributed by atoms with E-state index in [1.165, 1.54) is 24.3 Å². The average molecular weight is 323 g/mol. The van der Waals surface area contributed by atoms with Crippen molar-refractivity contribution in [2.75, 3.05) is 12.9 Å². The van der Waals surface area contributed by atoms with Crippen molar-refractivity contribution in [3.05, 3.63) is 24.3 Å². The summed E-state index contributed by atoms with van der Waals surface area (Å²) in [5, 5.41) is 8.63. The van der Waals surface area contributed by atoms with Crippen molar-refractivity contribution in [2.45, 2.75) is 10.9 Å². The average Bonchev–Trinajstić information content (AvgIpc) is 2.27. The van der Waals surface area contributed by atoms with E-state index in [0.29, 0.717) is 0 Å². The summed E-state index contributed by atoms with van der Waals surface area (Å²) in [7, 11) is -3.27. The number of carbonyl (C=O) groups excluding carboxylic acids is 1. The molecule has 1 aromatic rings. The summed E-state index contributed by atoms with van der Waals surface area (Å²) in [6, 6.07) is 4.23. The number of benzene rings is 1. The zero-order valence-corrected chi connectivity index (χ0v) is 11.2. The number of ether oxygens (including phenoxy) is 1. The standard InChI is InChI=1S/C10H13NO5S.Cu/c1-17(14,15)8-4-2-7(3-5-8)16-10(13)9(11)6-12;/h2-5,9,12H,6,11H2,1H3;/t9-;/m0./s1. The summed E-state index contributed by atoms with van der Waals surface area (Å²) in [5.41, 5.74) is 5.24. The molecule has 1 aromatic carbocycles. The Morgan fingerprint density at radius 3 is 2.28 bits per heavy atom. The Bertz CT molecular complexity index is 500. The number of hydrogen-bond donors (Lipinski definition) is 2. The van der Waals surface area contributed by atoms with Crippen molar-refractivity contribution in [2.24, 2.45) is 5.73 Å². The fourth-order valence-electron chi connectivity index (χ4n) is 1.02. The molecule has 0 bridgehead atoms. The van der Waals surface area contributed by atoms with E-state index in [0.717, 1.165) is 6.26 Å². The van der Waals surface area contributed by atoms with Crippen molar-refractivity contribution < 1.29 is 40.1 Å². The largest absolute Gasteiger partial charge is 0.425 e. The van der Waals surface area contributed by atoms with E-state index in [4.69, 9.17) is 15.6 Å². The molecule has 0 amide bonds. The summed E-state index contributed by atoms with van der Waals surface area (Å²) in [6.07, 6.45) is 1.08. The fourth-order valence-corrected chi connectivity index (χ4v) is 1.65. The maximum atomic E-state index is 11.2. The van der Waals surface area contributed by atoms with Gasteiger partial charge >= 0.3 is 5.97 Å². The Labute approximate surface area is 116 Å². The molecular weight excluding hydrogens is 310 g/mol. The Balaban J connectivity index is 0.00000289. The van der Waals surface area contributed by atoms with Gasteiger partial charge in [0.05, 0.1) is 11.5 Å². The van der Waals surface area contributed by atoms with Gasteiger partial charge in [-0.3, -0.25) is 0 Å². The van der Waals surface area contributed by atoms with Crippen molar-refractivity contribution in [3.63, 3.8) is 0 Å². The monoisotopic (exact) mass is 322 g/mol. The second kappa shape index (κ2) is 6.86. The van der Waals surface area contributed by atoms with E-state index in [-0.39, 0.29) is 27.7 Å². The molecule has 18 heavy (non-hydrogen) atoms. The number of carbonyl (C=O) groups is 1. The van der Waals surface area contributed by atoms with Gasteiger partial charge in [-0.2, -0.15) is 0 Å². The van der Waals surface area contributed by atoms with Crippen LogP contribution in [-0.4, -0.2) is 38.4 Å². The first-order chi connectivity index (χ1) is 7.84. The molecule has 0 spiro atoms. The number of rotatable bonds is 4. The van der Waals surface area contributed by atoms with E-state index in [1.807, 2.05) is 0 Å². The molecule has 1 radical (unpaired) electrons. The minimum Gasteiger partial charge on any atom is -0.425 e. The van der Waals surface area contributed by atoms with Crippen LogP contribution in [0, 0.1) is 0 Å². The second-order valence-electron chi connectivity index (χ2n) is 3.45. The molecule has 0 aromatic heterocycles. The van der Waals surface area contributed by atoms with Gasteiger partial charge in [0.25, 0.3) is 0 Å². The maximum Gasteiger partial charge on any atom is 0.330 e. The number of hydrogen-bond acceptors (Lipinski definition) is 6. The van der Waals surface area contributed by atoms with Crippen LogP contribution in [-0.2, 0) is 31.7 Å². The number of sulfone groups is 1. The zero-order chi connectivity index (χ0) is 13.1. The van der Waals surface area contributed by atoms with Crippen LogP contribution < -0.4 is 10.5 Å². The van der Waals surface area contributed by atoms with Gasteiger partial charge < -0.3 is 15.6 Å². The number of esters is 1. The van der Waals surface area contributed by atoms with Crippen LogP contribution in [0.5, 0.6) is 5.75 Å². The normalized spacial score (nSPS) is 12.4. The Morgan fingerprint density at radius 2 is 1.89 bits per heavy atom. The predicted molar refractivity (Wildman–Crippen MR) is 60.2 cm³/mol. The second-order valence-corrected chi connectivity index (χ2v) is 5.47. The van der Waals surface area contributed by atoms with Gasteiger partial charge in [0.15, 0.2) is 9.84 Å². The fraction of sp³-hybridized carbons (Fsp3) is 0.300. The minimum absolute atomic E-state index is 0. The van der Waals surface area contributed by atoms with E-state index < -0.39 is 28.5 Å². The smallest absolute Gasteiger partial charge is 0.330 e. The summed E-state index contributed by atoms with van der Waals surface area (Å²) in [6.45, 7) is -0.514. The molecule has 0 fully saturated rings. The molecule has 0 aliphatic rings. The van der Waals surface area contributed by atoms with Crippen LogP contribution >= 0.6 is 0 Å². The minimum atomic E-state index is -3.27. The van der Waals surface area contributed by atoms with Crippen molar-refractivity contribution >= 4 is 15.8 Å². The van der Waals surface area contributed by atoms with Gasteiger partial charge in [0, 0.05) is 23.3 Å². The van der Waals surface area contributed by atoms with Gasteiger partial charge in [-0.1, -0.05) is 0 Å². The molecule has 6 nitrogen and oxygen atoms in total. The third-order valence-electron chi connectivity index (χ3n) is 1.97. The van der Waals surface area contributed by atoms with Crippen molar-refractivity contribution in [1.82, 2.24) is 0 Å². The van der Waals surface area contributed by atoms with Gasteiger partial charge in [-0.25, -0.2) is 13.2 Å². The topological polar surface area (TPSA) is 107 Å². The number of aliphatic hydroxyl groups excluding tert-OH is 1. The Morgan fingerprint density at radius 1 is 1.39 bits per heavy atom. The molecule has 3 N–H and O–H groups in total. The van der Waals surface area contributed by atoms with Crippen LogP contribution in [0.2, 0.25) is 0 Å². The third kappa shape index (κ3) is 4.75. The predicted octanol–water partition coefficient (Wildman–Crippen LogP) is -0.687. The van der Waals surface area contributed by atoms with Crippen LogP contribution in [0.25, 0.3) is 0 Å². The molecule has 0 unspecified atom stereocenters. The van der Waals surface area contributed by atoms with Crippen LogP contribution in [0.4, 0.5) is 0 Å². The van der Waals surface area contributed by atoms with Gasteiger partial charge in [-0.15, -0.1) is 0 Å². The molecule has 0 aliphatic carbocycles. The molecule has 105 valence electrons. The first-order valence-corrected chi connectivity index (χ1v) is 6.62. The first-order valence-electron chi connectivity index (χ1n) is 4.73. The van der Waals surface area contributed by atoms with E-state index in [2.05, 4.69) is 0 Å². The molecule has 0 saturated heterocycles. The molecule has 1 rings (SSSR count). The summed E-state index contributed by atoms with van der Waals surface area (Å²) >= 11 is 0. The maximum absolute atomic E-state index is 11.2.